The summed E-state index contributed by atoms with van der Waals surface area (Å²) in [5.41, 5.74) is 1.99. The Morgan fingerprint density at radius 1 is 1.19 bits per heavy atom. The summed E-state index contributed by atoms with van der Waals surface area (Å²) in [7, 11) is 0. The predicted octanol–water partition coefficient (Wildman–Crippen LogP) is 4.43. The van der Waals surface area contributed by atoms with Crippen molar-refractivity contribution in [2.45, 2.75) is 25.2 Å². The predicted molar refractivity (Wildman–Crippen MR) is 119 cm³/mol. The largest absolute Gasteiger partial charge is 0.381 e. The highest BCUT2D eigenvalue weighted by Crippen LogP contribution is 2.28. The molecule has 0 spiro atoms. The number of nitrogens with zero attached hydrogens (tertiary/aromatic N) is 3. The average Bonchev–Trinajstić information content (AvgIpc) is 2.80. The van der Waals surface area contributed by atoms with E-state index in [1.807, 2.05) is 24.3 Å². The van der Waals surface area contributed by atoms with Gasteiger partial charge in [-0.3, -0.25) is 9.79 Å². The molecule has 0 amide bonds. The van der Waals surface area contributed by atoms with Gasteiger partial charge in [0.15, 0.2) is 5.69 Å². The summed E-state index contributed by atoms with van der Waals surface area (Å²) >= 11 is 0. The van der Waals surface area contributed by atoms with E-state index in [-0.39, 0.29) is 29.1 Å². The molecular formula is C24H23FN4O2. The number of nitrogens with one attached hydrogen (secondary N) is 1. The maximum absolute atomic E-state index is 15.0. The van der Waals surface area contributed by atoms with E-state index in [1.54, 1.807) is 24.3 Å². The van der Waals surface area contributed by atoms with Crippen LogP contribution in [0.15, 0.2) is 70.6 Å². The Labute approximate surface area is 179 Å². The van der Waals surface area contributed by atoms with Crippen molar-refractivity contribution < 1.29 is 9.13 Å². The van der Waals surface area contributed by atoms with Gasteiger partial charge in [0, 0.05) is 38.1 Å². The molecule has 7 heteroatoms. The highest BCUT2D eigenvalue weighted by atomic mass is 19.1. The van der Waals surface area contributed by atoms with Crippen LogP contribution in [0.5, 0.6) is 0 Å². The van der Waals surface area contributed by atoms with Gasteiger partial charge in [-0.15, -0.1) is 0 Å². The van der Waals surface area contributed by atoms with Crippen molar-refractivity contribution in [3.05, 3.63) is 88.1 Å². The first-order valence-electron chi connectivity index (χ1n) is 10.2. The molecule has 2 heterocycles. The van der Waals surface area contributed by atoms with Crippen molar-refractivity contribution in [2.24, 2.45) is 4.99 Å². The first-order chi connectivity index (χ1) is 15.2. The van der Waals surface area contributed by atoms with Crippen LogP contribution in [0.4, 0.5) is 10.1 Å². The van der Waals surface area contributed by atoms with E-state index in [0.29, 0.717) is 24.6 Å². The fourth-order valence-corrected chi connectivity index (χ4v) is 3.69. The third kappa shape index (κ3) is 4.83. The molecule has 1 saturated heterocycles. The summed E-state index contributed by atoms with van der Waals surface area (Å²) in [4.78, 5) is 17.0. The number of hydrogen-bond acceptors (Lipinski definition) is 5. The fraction of sp³-hybridized carbons (Fsp3) is 0.250. The normalized spacial score (nSPS) is 15.1. The number of benzene rings is 2. The minimum absolute atomic E-state index is 0.0998. The standard InChI is InChI=1S/C24H23FN4O2/c25-20-16-18(17-10-14-31-15-11-17)6-7-22(20)29-13-9-23(30)24(28-29)21(8-12-26)27-19-4-2-1-3-5-19/h1-7,9,12-13,16-17,26H,8,10-11,14-15H2. The Kier molecular flexibility index (Phi) is 6.43. The summed E-state index contributed by atoms with van der Waals surface area (Å²) in [5, 5.41) is 11.9. The quantitative estimate of drug-likeness (QED) is 0.602. The van der Waals surface area contributed by atoms with E-state index in [1.165, 1.54) is 23.2 Å². The number of para-hydroxylation sites is 1. The van der Waals surface area contributed by atoms with Crippen LogP contribution in [0.25, 0.3) is 5.69 Å². The summed E-state index contributed by atoms with van der Waals surface area (Å²) in [6, 6.07) is 15.6. The Morgan fingerprint density at radius 3 is 2.68 bits per heavy atom. The van der Waals surface area contributed by atoms with Gasteiger partial charge in [0.2, 0.25) is 5.43 Å². The van der Waals surface area contributed by atoms with Crippen LogP contribution in [0.3, 0.4) is 0 Å². The van der Waals surface area contributed by atoms with Crippen molar-refractivity contribution in [3.8, 4) is 5.69 Å². The number of halogens is 1. The zero-order valence-electron chi connectivity index (χ0n) is 17.0. The number of ether oxygens (including phenoxy) is 1. The van der Waals surface area contributed by atoms with Crippen LogP contribution in [0, 0.1) is 11.2 Å². The van der Waals surface area contributed by atoms with Crippen molar-refractivity contribution in [2.75, 3.05) is 13.2 Å². The van der Waals surface area contributed by atoms with Gasteiger partial charge in [0.1, 0.15) is 11.5 Å². The molecule has 3 aromatic rings. The van der Waals surface area contributed by atoms with Crippen molar-refractivity contribution in [3.63, 3.8) is 0 Å². The maximum atomic E-state index is 15.0. The maximum Gasteiger partial charge on any atom is 0.209 e. The van der Waals surface area contributed by atoms with Gasteiger partial charge in [-0.2, -0.15) is 5.10 Å². The van der Waals surface area contributed by atoms with Crippen LogP contribution < -0.4 is 5.43 Å². The Hall–Kier alpha value is -3.45. The lowest BCUT2D eigenvalue weighted by Crippen LogP contribution is -2.22. The topological polar surface area (TPSA) is 80.3 Å². The van der Waals surface area contributed by atoms with Gasteiger partial charge < -0.3 is 10.1 Å². The minimum atomic E-state index is -0.403. The molecule has 1 aliphatic rings. The molecule has 2 aromatic carbocycles. The van der Waals surface area contributed by atoms with Crippen molar-refractivity contribution >= 4 is 17.6 Å². The third-order valence-corrected chi connectivity index (χ3v) is 5.31. The smallest absolute Gasteiger partial charge is 0.209 e. The molecule has 1 aromatic heterocycles. The van der Waals surface area contributed by atoms with E-state index >= 15 is 0 Å². The molecule has 31 heavy (non-hydrogen) atoms. The van der Waals surface area contributed by atoms with Crippen LogP contribution in [-0.4, -0.2) is 34.9 Å². The van der Waals surface area contributed by atoms with E-state index < -0.39 is 5.82 Å². The molecule has 0 aliphatic carbocycles. The highest BCUT2D eigenvalue weighted by molar-refractivity contribution is 6.06. The Morgan fingerprint density at radius 2 is 1.97 bits per heavy atom. The zero-order valence-corrected chi connectivity index (χ0v) is 17.0. The van der Waals surface area contributed by atoms with E-state index in [0.717, 1.165) is 18.4 Å². The molecule has 0 unspecified atom stereocenters. The average molecular weight is 418 g/mol. The molecule has 0 bridgehead atoms. The monoisotopic (exact) mass is 418 g/mol. The summed E-state index contributed by atoms with van der Waals surface area (Å²) in [6.45, 7) is 1.38. The lowest BCUT2D eigenvalue weighted by atomic mass is 9.91. The second-order valence-electron chi connectivity index (χ2n) is 7.37. The van der Waals surface area contributed by atoms with Gasteiger partial charge in [-0.05, 0) is 48.6 Å². The van der Waals surface area contributed by atoms with Crippen LogP contribution in [-0.2, 0) is 4.74 Å². The number of aromatic nitrogens is 2. The second-order valence-corrected chi connectivity index (χ2v) is 7.37. The molecule has 0 atom stereocenters. The molecule has 0 radical (unpaired) electrons. The zero-order chi connectivity index (χ0) is 21.6. The molecule has 1 fully saturated rings. The first kappa shape index (κ1) is 20.8. The van der Waals surface area contributed by atoms with Gasteiger partial charge in [0.25, 0.3) is 0 Å². The molecule has 4 rings (SSSR count). The molecule has 6 nitrogen and oxygen atoms in total. The number of aliphatic imine (C=N–C) groups is 1. The van der Waals surface area contributed by atoms with Crippen LogP contribution in [0.1, 0.15) is 36.4 Å². The summed E-state index contributed by atoms with van der Waals surface area (Å²) < 4.78 is 21.7. The molecule has 1 aliphatic heterocycles. The molecular weight excluding hydrogens is 395 g/mol. The first-order valence-corrected chi connectivity index (χ1v) is 10.2. The van der Waals surface area contributed by atoms with Crippen LogP contribution >= 0.6 is 0 Å². The van der Waals surface area contributed by atoms with Gasteiger partial charge in [-0.25, -0.2) is 9.07 Å². The van der Waals surface area contributed by atoms with E-state index in [4.69, 9.17) is 10.1 Å². The molecule has 158 valence electrons. The summed E-state index contributed by atoms with van der Waals surface area (Å²) in [5.74, 6) is -0.119. The number of rotatable bonds is 6. The fourth-order valence-electron chi connectivity index (χ4n) is 3.69. The van der Waals surface area contributed by atoms with Gasteiger partial charge >= 0.3 is 0 Å². The summed E-state index contributed by atoms with van der Waals surface area (Å²) in [6.07, 6.45) is 4.52. The lowest BCUT2D eigenvalue weighted by Gasteiger charge is -2.22. The third-order valence-electron chi connectivity index (χ3n) is 5.31. The van der Waals surface area contributed by atoms with Crippen molar-refractivity contribution in [1.29, 1.82) is 5.41 Å². The SMILES string of the molecule is N=CCC(=Nc1ccccc1)c1nn(-c2ccc(C3CCOCC3)cc2F)ccc1=O. The van der Waals surface area contributed by atoms with Gasteiger partial charge in [0.05, 0.1) is 11.4 Å². The van der Waals surface area contributed by atoms with E-state index in [9.17, 15) is 9.18 Å². The molecule has 1 N–H and O–H groups in total. The second kappa shape index (κ2) is 9.57. The minimum Gasteiger partial charge on any atom is -0.381 e. The number of hydrogen-bond donors (Lipinski definition) is 1. The lowest BCUT2D eigenvalue weighted by molar-refractivity contribution is 0.0853. The molecule has 0 saturated carbocycles. The Balaban J connectivity index is 1.71. The highest BCUT2D eigenvalue weighted by Gasteiger charge is 2.18. The van der Waals surface area contributed by atoms with Crippen LogP contribution in [0.2, 0.25) is 0 Å². The van der Waals surface area contributed by atoms with Crippen molar-refractivity contribution in [1.82, 2.24) is 9.78 Å². The van der Waals surface area contributed by atoms with E-state index in [2.05, 4.69) is 10.1 Å². The Bertz CT molecular complexity index is 1150. The van der Waals surface area contributed by atoms with Gasteiger partial charge in [-0.1, -0.05) is 24.3 Å².